The van der Waals surface area contributed by atoms with Crippen LogP contribution in [-0.4, -0.2) is 35.6 Å². The van der Waals surface area contributed by atoms with Gasteiger partial charge in [-0.05, 0) is 51.1 Å². The Kier molecular flexibility index (Phi) is 9.40. The maximum absolute atomic E-state index is 14.2. The standard InChI is InChI=1S/C33H31Cl2N3O4S/c1-5-37(6-2)32(40)29-20(3)36-33-38(30(29)24-12-8-10-14-27(24)41-4)31(39)28(43-33)17-21-11-7-9-13-26(21)42-19-22-15-16-23(34)18-25(22)35/h7-18,30H,5-6,19H2,1-4H3/b28-17+/t30-/m1/s1. The Morgan fingerprint density at radius 3 is 2.44 bits per heavy atom. The number of likely N-dealkylation sites (N-methyl/N-ethyl adjacent to an activating group) is 1. The second-order valence-electron chi connectivity index (χ2n) is 9.86. The Hall–Kier alpha value is -3.85. The van der Waals surface area contributed by atoms with Gasteiger partial charge >= 0.3 is 0 Å². The van der Waals surface area contributed by atoms with E-state index in [0.29, 0.717) is 60.8 Å². The Bertz CT molecular complexity index is 1890. The first-order valence-corrected chi connectivity index (χ1v) is 15.4. The molecule has 2 heterocycles. The highest BCUT2D eigenvalue weighted by Gasteiger charge is 2.35. The van der Waals surface area contributed by atoms with Gasteiger partial charge in [-0.1, -0.05) is 77.0 Å². The number of hydrogen-bond donors (Lipinski definition) is 0. The maximum atomic E-state index is 14.2. The molecule has 3 aromatic carbocycles. The number of methoxy groups -OCH3 is 1. The van der Waals surface area contributed by atoms with Gasteiger partial charge in [0.05, 0.1) is 22.9 Å². The lowest BCUT2D eigenvalue weighted by molar-refractivity contribution is -0.127. The molecule has 10 heteroatoms. The van der Waals surface area contributed by atoms with Crippen molar-refractivity contribution in [3.63, 3.8) is 0 Å². The summed E-state index contributed by atoms with van der Waals surface area (Å²) in [4.78, 5) is 35.1. The normalized spacial score (nSPS) is 14.7. The van der Waals surface area contributed by atoms with E-state index in [4.69, 9.17) is 37.7 Å². The van der Waals surface area contributed by atoms with Crippen LogP contribution in [0.5, 0.6) is 11.5 Å². The van der Waals surface area contributed by atoms with Crippen LogP contribution in [0.4, 0.5) is 0 Å². The first kappa shape index (κ1) is 30.6. The van der Waals surface area contributed by atoms with Crippen LogP contribution in [0.15, 0.2) is 87.8 Å². The van der Waals surface area contributed by atoms with E-state index in [1.54, 1.807) is 34.8 Å². The van der Waals surface area contributed by atoms with Crippen LogP contribution < -0.4 is 24.4 Å². The van der Waals surface area contributed by atoms with E-state index in [0.717, 1.165) is 11.1 Å². The zero-order valence-electron chi connectivity index (χ0n) is 24.3. The maximum Gasteiger partial charge on any atom is 0.271 e. The summed E-state index contributed by atoms with van der Waals surface area (Å²) in [6.07, 6.45) is 1.80. The van der Waals surface area contributed by atoms with E-state index >= 15 is 0 Å². The van der Waals surface area contributed by atoms with Crippen LogP contribution in [0, 0.1) is 0 Å². The number of amides is 1. The fourth-order valence-electron chi connectivity index (χ4n) is 5.13. The van der Waals surface area contributed by atoms with Crippen molar-refractivity contribution in [2.75, 3.05) is 20.2 Å². The first-order valence-electron chi connectivity index (χ1n) is 13.9. The minimum atomic E-state index is -0.707. The molecule has 0 N–H and O–H groups in total. The topological polar surface area (TPSA) is 73.1 Å². The van der Waals surface area contributed by atoms with Crippen molar-refractivity contribution >= 4 is 46.5 Å². The molecule has 5 rings (SSSR count). The first-order chi connectivity index (χ1) is 20.8. The van der Waals surface area contributed by atoms with E-state index in [-0.39, 0.29) is 18.1 Å². The molecule has 0 radical (unpaired) electrons. The van der Waals surface area contributed by atoms with Crippen molar-refractivity contribution < 1.29 is 14.3 Å². The average molecular weight is 637 g/mol. The molecule has 7 nitrogen and oxygen atoms in total. The predicted molar refractivity (Wildman–Crippen MR) is 172 cm³/mol. The number of fused-ring (bicyclic) bond motifs is 1. The number of ether oxygens (including phenoxy) is 2. The van der Waals surface area contributed by atoms with Crippen LogP contribution in [-0.2, 0) is 11.4 Å². The van der Waals surface area contributed by atoms with Crippen LogP contribution >= 0.6 is 34.5 Å². The van der Waals surface area contributed by atoms with Crippen molar-refractivity contribution in [2.45, 2.75) is 33.4 Å². The van der Waals surface area contributed by atoms with Gasteiger partial charge in [-0.15, -0.1) is 0 Å². The summed E-state index contributed by atoms with van der Waals surface area (Å²) in [7, 11) is 1.58. The number of rotatable bonds is 9. The predicted octanol–water partition coefficient (Wildman–Crippen LogP) is 6.00. The van der Waals surface area contributed by atoms with Gasteiger partial charge in [0, 0.05) is 39.8 Å². The summed E-state index contributed by atoms with van der Waals surface area (Å²) < 4.78 is 13.9. The summed E-state index contributed by atoms with van der Waals surface area (Å²) in [5.41, 5.74) is 3.00. The second kappa shape index (κ2) is 13.2. The zero-order valence-corrected chi connectivity index (χ0v) is 26.6. The van der Waals surface area contributed by atoms with E-state index in [2.05, 4.69) is 0 Å². The number of hydrogen-bond acceptors (Lipinski definition) is 6. The van der Waals surface area contributed by atoms with Gasteiger partial charge in [-0.25, -0.2) is 4.99 Å². The summed E-state index contributed by atoms with van der Waals surface area (Å²) >= 11 is 13.7. The number of benzene rings is 3. The number of nitrogens with zero attached hydrogens (tertiary/aromatic N) is 3. The fourth-order valence-corrected chi connectivity index (χ4v) is 6.63. The van der Waals surface area contributed by atoms with Crippen molar-refractivity contribution in [1.82, 2.24) is 9.47 Å². The van der Waals surface area contributed by atoms with Gasteiger partial charge < -0.3 is 14.4 Å². The number of thiazole rings is 1. The zero-order chi connectivity index (χ0) is 30.7. The molecule has 43 heavy (non-hydrogen) atoms. The Balaban J connectivity index is 1.63. The van der Waals surface area contributed by atoms with Gasteiger partial charge in [-0.3, -0.25) is 14.2 Å². The highest BCUT2D eigenvalue weighted by molar-refractivity contribution is 7.07. The molecule has 1 atom stereocenters. The quantitative estimate of drug-likeness (QED) is 0.226. The Morgan fingerprint density at radius 2 is 1.74 bits per heavy atom. The molecule has 0 aliphatic carbocycles. The smallest absolute Gasteiger partial charge is 0.271 e. The van der Waals surface area contributed by atoms with Crippen LogP contribution in [0.25, 0.3) is 6.08 Å². The second-order valence-corrected chi connectivity index (χ2v) is 11.7. The largest absolute Gasteiger partial charge is 0.496 e. The summed E-state index contributed by atoms with van der Waals surface area (Å²) in [6.45, 7) is 6.99. The lowest BCUT2D eigenvalue weighted by Gasteiger charge is -2.29. The number of aromatic nitrogens is 1. The third-order valence-corrected chi connectivity index (χ3v) is 8.91. The monoisotopic (exact) mass is 635 g/mol. The molecule has 0 saturated carbocycles. The van der Waals surface area contributed by atoms with E-state index < -0.39 is 6.04 Å². The molecule has 1 amide bonds. The number of carbonyl (C=O) groups excluding carboxylic acids is 1. The number of allylic oxidation sites excluding steroid dienone is 1. The lowest BCUT2D eigenvalue weighted by Crippen LogP contribution is -2.43. The van der Waals surface area contributed by atoms with Crippen LogP contribution in [0.3, 0.4) is 0 Å². The number of para-hydroxylation sites is 2. The van der Waals surface area contributed by atoms with E-state index in [9.17, 15) is 9.59 Å². The Labute approximate surface area is 263 Å². The summed E-state index contributed by atoms with van der Waals surface area (Å²) in [5, 5.41) is 1.06. The van der Waals surface area contributed by atoms with E-state index in [1.165, 1.54) is 11.3 Å². The average Bonchev–Trinajstić information content (AvgIpc) is 3.31. The molecular formula is C33H31Cl2N3O4S. The fraction of sp³-hybridized carbons (Fsp3) is 0.242. The molecule has 4 aromatic rings. The molecule has 0 unspecified atom stereocenters. The highest BCUT2D eigenvalue weighted by atomic mass is 35.5. The van der Waals surface area contributed by atoms with Gasteiger partial charge in [-0.2, -0.15) is 0 Å². The third-order valence-electron chi connectivity index (χ3n) is 7.34. The molecule has 0 spiro atoms. The third kappa shape index (κ3) is 6.13. The van der Waals surface area contributed by atoms with Crippen LogP contribution in [0.1, 0.15) is 43.5 Å². The number of halogens is 2. The van der Waals surface area contributed by atoms with Crippen molar-refractivity contribution in [3.05, 3.63) is 124 Å². The Morgan fingerprint density at radius 1 is 1.05 bits per heavy atom. The van der Waals surface area contributed by atoms with Gasteiger partial charge in [0.2, 0.25) is 0 Å². The minimum absolute atomic E-state index is 0.156. The molecule has 0 saturated heterocycles. The van der Waals surface area contributed by atoms with Gasteiger partial charge in [0.15, 0.2) is 4.80 Å². The van der Waals surface area contributed by atoms with Gasteiger partial charge in [0.25, 0.3) is 11.5 Å². The lowest BCUT2D eigenvalue weighted by atomic mass is 9.94. The minimum Gasteiger partial charge on any atom is -0.496 e. The molecule has 1 aliphatic rings. The molecule has 1 aromatic heterocycles. The highest BCUT2D eigenvalue weighted by Crippen LogP contribution is 2.36. The van der Waals surface area contributed by atoms with Crippen molar-refractivity contribution in [2.24, 2.45) is 4.99 Å². The summed E-state index contributed by atoms with van der Waals surface area (Å²) in [5.74, 6) is 1.02. The van der Waals surface area contributed by atoms with Gasteiger partial charge in [0.1, 0.15) is 24.1 Å². The molecule has 1 aliphatic heterocycles. The molecular weight excluding hydrogens is 605 g/mol. The molecule has 0 bridgehead atoms. The number of carbonyl (C=O) groups is 1. The molecule has 222 valence electrons. The van der Waals surface area contributed by atoms with E-state index in [1.807, 2.05) is 75.4 Å². The van der Waals surface area contributed by atoms with Crippen molar-refractivity contribution in [1.29, 1.82) is 0 Å². The molecule has 0 fully saturated rings. The summed E-state index contributed by atoms with van der Waals surface area (Å²) in [6, 6.07) is 19.5. The van der Waals surface area contributed by atoms with Crippen molar-refractivity contribution in [3.8, 4) is 11.5 Å². The SMILES string of the molecule is CCN(CC)C(=O)C1=C(C)N=c2s/c(=C/c3ccccc3OCc3ccc(Cl)cc3Cl)c(=O)n2[C@@H]1c1ccccc1OC. The van der Waals surface area contributed by atoms with Crippen LogP contribution in [0.2, 0.25) is 10.0 Å².